The van der Waals surface area contributed by atoms with E-state index >= 15 is 0 Å². The molecule has 164 valence electrons. The number of hydrogen-bond acceptors (Lipinski definition) is 5. The van der Waals surface area contributed by atoms with Crippen molar-refractivity contribution in [1.29, 1.82) is 0 Å². The van der Waals surface area contributed by atoms with Crippen molar-refractivity contribution in [3.8, 4) is 22.9 Å². The molecule has 0 aliphatic carbocycles. The van der Waals surface area contributed by atoms with Gasteiger partial charge in [0.2, 0.25) is 0 Å². The van der Waals surface area contributed by atoms with Crippen molar-refractivity contribution in [3.63, 3.8) is 0 Å². The summed E-state index contributed by atoms with van der Waals surface area (Å²) in [4.78, 5) is 12.3. The Hall–Kier alpha value is -3.87. The van der Waals surface area contributed by atoms with Crippen molar-refractivity contribution in [3.05, 3.63) is 93.4 Å². The fourth-order valence-corrected chi connectivity index (χ4v) is 3.56. The average Bonchev–Trinajstić information content (AvgIpc) is 3.12. The molecular weight excluding hydrogens is 404 g/mol. The Morgan fingerprint density at radius 3 is 2.44 bits per heavy atom. The molecule has 1 aromatic heterocycles. The van der Waals surface area contributed by atoms with Gasteiger partial charge in [-0.2, -0.15) is 9.36 Å². The highest BCUT2D eigenvalue weighted by Gasteiger charge is 2.14. The molecule has 1 heterocycles. The Balaban J connectivity index is 1.55. The predicted molar refractivity (Wildman–Crippen MR) is 123 cm³/mol. The van der Waals surface area contributed by atoms with E-state index in [9.17, 15) is 4.79 Å². The number of rotatable bonds is 7. The molecule has 3 aromatic carbocycles. The lowest BCUT2D eigenvalue weighted by atomic mass is 10.1. The summed E-state index contributed by atoms with van der Waals surface area (Å²) < 4.78 is 14.7. The summed E-state index contributed by atoms with van der Waals surface area (Å²) in [5.74, 6) is 2.38. The van der Waals surface area contributed by atoms with E-state index < -0.39 is 0 Å². The molecule has 0 aliphatic rings. The molecule has 0 fully saturated rings. The van der Waals surface area contributed by atoms with Crippen molar-refractivity contribution >= 4 is 0 Å². The van der Waals surface area contributed by atoms with Gasteiger partial charge in [-0.1, -0.05) is 37.3 Å². The quantitative estimate of drug-likeness (QED) is 0.431. The topological polar surface area (TPSA) is 71.2 Å². The second-order valence-electron chi connectivity index (χ2n) is 7.65. The van der Waals surface area contributed by atoms with E-state index in [-0.39, 0.29) is 5.69 Å². The van der Waals surface area contributed by atoms with Crippen molar-refractivity contribution < 1.29 is 9.47 Å². The highest BCUT2D eigenvalue weighted by atomic mass is 16.5. The molecule has 0 bridgehead atoms. The van der Waals surface area contributed by atoms with Gasteiger partial charge in [-0.05, 0) is 77.7 Å². The maximum absolute atomic E-state index is 12.3. The summed E-state index contributed by atoms with van der Waals surface area (Å²) in [5.41, 5.74) is 4.37. The van der Waals surface area contributed by atoms with Crippen molar-refractivity contribution in [2.45, 2.75) is 33.8 Å². The van der Waals surface area contributed by atoms with Gasteiger partial charge < -0.3 is 9.47 Å². The van der Waals surface area contributed by atoms with Crippen molar-refractivity contribution in [1.82, 2.24) is 19.8 Å². The third-order valence-electron chi connectivity index (χ3n) is 5.44. The number of hydrogen-bond donors (Lipinski definition) is 0. The predicted octanol–water partition coefficient (Wildman–Crippen LogP) is 4.52. The zero-order valence-electron chi connectivity index (χ0n) is 18.7. The molecule has 0 amide bonds. The van der Waals surface area contributed by atoms with Crippen molar-refractivity contribution in [2.75, 3.05) is 0 Å². The average molecular weight is 431 g/mol. The summed E-state index contributed by atoms with van der Waals surface area (Å²) >= 11 is 0. The molecule has 0 N–H and O–H groups in total. The molecular formula is C25H26N4O3. The van der Waals surface area contributed by atoms with Crippen LogP contribution in [-0.4, -0.2) is 19.8 Å². The molecule has 4 rings (SSSR count). The Bertz CT molecular complexity index is 1310. The Kier molecular flexibility index (Phi) is 6.07. The summed E-state index contributed by atoms with van der Waals surface area (Å²) in [6, 6.07) is 19.5. The first kappa shape index (κ1) is 21.4. The number of ether oxygens (including phenoxy) is 2. The van der Waals surface area contributed by atoms with Crippen LogP contribution in [0, 0.1) is 13.8 Å². The van der Waals surface area contributed by atoms with Gasteiger partial charge in [0.15, 0.2) is 0 Å². The number of aromatic nitrogens is 4. The van der Waals surface area contributed by atoms with E-state index in [1.807, 2.05) is 68.4 Å². The minimum atomic E-state index is -0.304. The van der Waals surface area contributed by atoms with E-state index in [1.165, 1.54) is 9.36 Å². The number of para-hydroxylation sites is 1. The summed E-state index contributed by atoms with van der Waals surface area (Å²) in [5, 5.41) is 7.78. The SMILES string of the molecule is CCc1ccccc1Oc1ccc(OCc2c(C)cccc2-n2nnn(C)c2=O)c(C)c1. The molecule has 0 radical (unpaired) electrons. The molecule has 7 heteroatoms. The first-order valence-corrected chi connectivity index (χ1v) is 10.5. The van der Waals surface area contributed by atoms with Gasteiger partial charge in [0, 0.05) is 12.6 Å². The number of aryl methyl sites for hydroxylation is 4. The van der Waals surface area contributed by atoms with Gasteiger partial charge in [0.1, 0.15) is 23.9 Å². The van der Waals surface area contributed by atoms with Crippen LogP contribution in [0.1, 0.15) is 29.2 Å². The van der Waals surface area contributed by atoms with E-state index in [2.05, 4.69) is 23.4 Å². The van der Waals surface area contributed by atoms with Crippen LogP contribution in [0.2, 0.25) is 0 Å². The smallest absolute Gasteiger partial charge is 0.368 e. The molecule has 0 saturated carbocycles. The Morgan fingerprint density at radius 2 is 1.72 bits per heavy atom. The fraction of sp³-hybridized carbons (Fsp3) is 0.240. The third-order valence-corrected chi connectivity index (χ3v) is 5.44. The van der Waals surface area contributed by atoms with Crippen LogP contribution in [-0.2, 0) is 20.1 Å². The van der Waals surface area contributed by atoms with Gasteiger partial charge in [-0.15, -0.1) is 0 Å². The lowest BCUT2D eigenvalue weighted by Gasteiger charge is -2.15. The maximum atomic E-state index is 12.3. The van der Waals surface area contributed by atoms with Gasteiger partial charge in [-0.3, -0.25) is 0 Å². The first-order valence-electron chi connectivity index (χ1n) is 10.5. The van der Waals surface area contributed by atoms with E-state index in [0.29, 0.717) is 12.3 Å². The second-order valence-corrected chi connectivity index (χ2v) is 7.65. The van der Waals surface area contributed by atoms with E-state index in [4.69, 9.17) is 9.47 Å². The van der Waals surface area contributed by atoms with Gasteiger partial charge in [0.05, 0.1) is 5.69 Å². The highest BCUT2D eigenvalue weighted by molar-refractivity contribution is 5.46. The lowest BCUT2D eigenvalue weighted by molar-refractivity contribution is 0.302. The normalized spacial score (nSPS) is 10.9. The Morgan fingerprint density at radius 1 is 0.906 bits per heavy atom. The molecule has 0 saturated heterocycles. The van der Waals surface area contributed by atoms with E-state index in [0.717, 1.165) is 45.9 Å². The monoisotopic (exact) mass is 430 g/mol. The molecule has 0 unspecified atom stereocenters. The minimum absolute atomic E-state index is 0.296. The zero-order chi connectivity index (χ0) is 22.7. The van der Waals surface area contributed by atoms with Crippen LogP contribution in [0.4, 0.5) is 0 Å². The van der Waals surface area contributed by atoms with Gasteiger partial charge >= 0.3 is 5.69 Å². The van der Waals surface area contributed by atoms with Crippen LogP contribution in [0.25, 0.3) is 5.69 Å². The second kappa shape index (κ2) is 9.09. The fourth-order valence-electron chi connectivity index (χ4n) is 3.56. The van der Waals surface area contributed by atoms with Crippen LogP contribution in [0.3, 0.4) is 0 Å². The molecule has 7 nitrogen and oxygen atoms in total. The van der Waals surface area contributed by atoms with Gasteiger partial charge in [0.25, 0.3) is 0 Å². The van der Waals surface area contributed by atoms with E-state index in [1.54, 1.807) is 7.05 Å². The summed E-state index contributed by atoms with van der Waals surface area (Å²) in [6.45, 7) is 6.38. The third kappa shape index (κ3) is 4.27. The molecule has 0 spiro atoms. The zero-order valence-corrected chi connectivity index (χ0v) is 18.7. The summed E-state index contributed by atoms with van der Waals surface area (Å²) in [7, 11) is 1.57. The summed E-state index contributed by atoms with van der Waals surface area (Å²) in [6.07, 6.45) is 0.907. The van der Waals surface area contributed by atoms with Crippen molar-refractivity contribution in [2.24, 2.45) is 7.05 Å². The van der Waals surface area contributed by atoms with Crippen LogP contribution >= 0.6 is 0 Å². The maximum Gasteiger partial charge on any atom is 0.368 e. The standard InChI is InChI=1S/C25H26N4O3/c1-5-19-10-6-7-12-24(19)32-20-13-14-23(18(3)15-20)31-16-21-17(2)9-8-11-22(21)29-25(30)28(4)26-27-29/h6-15H,5,16H2,1-4H3. The molecule has 4 aromatic rings. The first-order chi connectivity index (χ1) is 15.5. The van der Waals surface area contributed by atoms with Crippen LogP contribution < -0.4 is 15.2 Å². The highest BCUT2D eigenvalue weighted by Crippen LogP contribution is 2.30. The number of benzene rings is 3. The lowest BCUT2D eigenvalue weighted by Crippen LogP contribution is -2.23. The van der Waals surface area contributed by atoms with Crippen LogP contribution in [0.15, 0.2) is 65.5 Å². The molecule has 0 aliphatic heterocycles. The van der Waals surface area contributed by atoms with Gasteiger partial charge in [-0.25, -0.2) is 4.79 Å². The molecule has 0 atom stereocenters. The Labute approximate surface area is 186 Å². The van der Waals surface area contributed by atoms with Crippen LogP contribution in [0.5, 0.6) is 17.2 Å². The number of tetrazole rings is 1. The number of nitrogens with zero attached hydrogens (tertiary/aromatic N) is 4. The minimum Gasteiger partial charge on any atom is -0.489 e. The molecule has 32 heavy (non-hydrogen) atoms. The largest absolute Gasteiger partial charge is 0.489 e.